The molecular formula is C15H26N2O. The molecule has 1 atom stereocenters. The second-order valence-corrected chi connectivity index (χ2v) is 4.88. The summed E-state index contributed by atoms with van der Waals surface area (Å²) in [4.78, 5) is 4.39. The van der Waals surface area contributed by atoms with E-state index < -0.39 is 0 Å². The number of nitrogens with zero attached hydrogens (tertiary/aromatic N) is 1. The molecule has 0 amide bonds. The Morgan fingerprint density at radius 2 is 2.17 bits per heavy atom. The van der Waals surface area contributed by atoms with Crippen molar-refractivity contribution in [2.75, 3.05) is 13.2 Å². The van der Waals surface area contributed by atoms with Gasteiger partial charge in [-0.05, 0) is 45.4 Å². The van der Waals surface area contributed by atoms with Crippen LogP contribution in [0.25, 0.3) is 0 Å². The van der Waals surface area contributed by atoms with Crippen LogP contribution in [-0.4, -0.2) is 30.3 Å². The molecule has 1 heterocycles. The second-order valence-electron chi connectivity index (χ2n) is 4.88. The van der Waals surface area contributed by atoms with Gasteiger partial charge in [0, 0.05) is 31.0 Å². The third-order valence-corrected chi connectivity index (χ3v) is 2.78. The van der Waals surface area contributed by atoms with E-state index in [4.69, 9.17) is 4.74 Å². The van der Waals surface area contributed by atoms with Crippen LogP contribution in [0.2, 0.25) is 0 Å². The summed E-state index contributed by atoms with van der Waals surface area (Å²) in [6, 6.07) is 6.55. The summed E-state index contributed by atoms with van der Waals surface area (Å²) in [5, 5.41) is 3.57. The molecule has 1 unspecified atom stereocenters. The number of ether oxygens (including phenoxy) is 1. The largest absolute Gasteiger partial charge is 0.379 e. The van der Waals surface area contributed by atoms with E-state index in [0.29, 0.717) is 12.1 Å². The molecular weight excluding hydrogens is 224 g/mol. The maximum Gasteiger partial charge on any atom is 0.0518 e. The molecule has 1 aromatic rings. The summed E-state index contributed by atoms with van der Waals surface area (Å²) in [7, 11) is 0. The van der Waals surface area contributed by atoms with Gasteiger partial charge in [0.1, 0.15) is 0 Å². The molecule has 0 spiro atoms. The van der Waals surface area contributed by atoms with Crippen molar-refractivity contribution in [3.63, 3.8) is 0 Å². The van der Waals surface area contributed by atoms with Crippen LogP contribution >= 0.6 is 0 Å². The maximum atomic E-state index is 5.63. The van der Waals surface area contributed by atoms with Crippen LogP contribution in [0, 0.1) is 0 Å². The zero-order valence-corrected chi connectivity index (χ0v) is 11.9. The fourth-order valence-corrected chi connectivity index (χ4v) is 1.84. The van der Waals surface area contributed by atoms with Gasteiger partial charge in [0.25, 0.3) is 0 Å². The Kier molecular flexibility index (Phi) is 7.62. The molecule has 0 aromatic carbocycles. The molecule has 3 nitrogen and oxygen atoms in total. The smallest absolute Gasteiger partial charge is 0.0518 e. The number of aromatic nitrogens is 1. The molecule has 102 valence electrons. The average Bonchev–Trinajstić information content (AvgIpc) is 2.36. The van der Waals surface area contributed by atoms with Gasteiger partial charge < -0.3 is 10.1 Å². The highest BCUT2D eigenvalue weighted by Gasteiger charge is 2.09. The first-order chi connectivity index (χ1) is 8.72. The summed E-state index contributed by atoms with van der Waals surface area (Å²) in [5.74, 6) is 0. The van der Waals surface area contributed by atoms with Gasteiger partial charge in [-0.3, -0.25) is 4.98 Å². The van der Waals surface area contributed by atoms with Crippen molar-refractivity contribution in [3.8, 4) is 0 Å². The molecule has 0 aliphatic carbocycles. The van der Waals surface area contributed by atoms with Crippen molar-refractivity contribution < 1.29 is 4.74 Å². The topological polar surface area (TPSA) is 34.1 Å². The fraction of sp³-hybridized carbons (Fsp3) is 0.667. The third-order valence-electron chi connectivity index (χ3n) is 2.78. The molecule has 0 aliphatic heterocycles. The Labute approximate surface area is 111 Å². The van der Waals surface area contributed by atoms with E-state index in [0.717, 1.165) is 38.1 Å². The van der Waals surface area contributed by atoms with Gasteiger partial charge in [0.05, 0.1) is 6.10 Å². The number of rotatable bonds is 9. The lowest BCUT2D eigenvalue weighted by atomic mass is 10.1. The molecule has 0 saturated carbocycles. The predicted molar refractivity (Wildman–Crippen MR) is 75.7 cm³/mol. The lowest BCUT2D eigenvalue weighted by molar-refractivity contribution is 0.0715. The molecule has 0 bridgehead atoms. The van der Waals surface area contributed by atoms with Crippen molar-refractivity contribution in [3.05, 3.63) is 30.1 Å². The average molecular weight is 250 g/mol. The molecule has 0 saturated heterocycles. The first kappa shape index (κ1) is 15.1. The van der Waals surface area contributed by atoms with Crippen LogP contribution in [0.4, 0.5) is 0 Å². The first-order valence-corrected chi connectivity index (χ1v) is 6.97. The molecule has 18 heavy (non-hydrogen) atoms. The molecule has 1 rings (SSSR count). The molecule has 1 aromatic heterocycles. The Bertz CT molecular complexity index is 301. The van der Waals surface area contributed by atoms with E-state index in [1.807, 2.05) is 18.3 Å². The van der Waals surface area contributed by atoms with Gasteiger partial charge >= 0.3 is 0 Å². The van der Waals surface area contributed by atoms with Crippen LogP contribution in [-0.2, 0) is 11.2 Å². The SMILES string of the molecule is CCCNC(CCOC(C)C)Cc1ccccn1. The van der Waals surface area contributed by atoms with Crippen molar-refractivity contribution in [2.45, 2.75) is 52.2 Å². The zero-order valence-electron chi connectivity index (χ0n) is 11.9. The zero-order chi connectivity index (χ0) is 13.2. The molecule has 3 heteroatoms. The first-order valence-electron chi connectivity index (χ1n) is 6.97. The Hall–Kier alpha value is -0.930. The summed E-state index contributed by atoms with van der Waals surface area (Å²) in [5.41, 5.74) is 1.15. The summed E-state index contributed by atoms with van der Waals surface area (Å²) < 4.78 is 5.63. The minimum atomic E-state index is 0.312. The Morgan fingerprint density at radius 3 is 2.78 bits per heavy atom. The van der Waals surface area contributed by atoms with Crippen LogP contribution in [0.3, 0.4) is 0 Å². The van der Waals surface area contributed by atoms with Gasteiger partial charge in [0.15, 0.2) is 0 Å². The number of hydrogen-bond acceptors (Lipinski definition) is 3. The van der Waals surface area contributed by atoms with Gasteiger partial charge in [-0.1, -0.05) is 13.0 Å². The number of nitrogens with one attached hydrogen (secondary N) is 1. The summed E-state index contributed by atoms with van der Waals surface area (Å²) >= 11 is 0. The van der Waals surface area contributed by atoms with E-state index >= 15 is 0 Å². The highest BCUT2D eigenvalue weighted by Crippen LogP contribution is 2.04. The van der Waals surface area contributed by atoms with Crippen molar-refractivity contribution in [1.82, 2.24) is 10.3 Å². The fourth-order valence-electron chi connectivity index (χ4n) is 1.84. The van der Waals surface area contributed by atoms with E-state index in [1.165, 1.54) is 0 Å². The highest BCUT2D eigenvalue weighted by atomic mass is 16.5. The van der Waals surface area contributed by atoms with Crippen molar-refractivity contribution in [2.24, 2.45) is 0 Å². The number of hydrogen-bond donors (Lipinski definition) is 1. The molecule has 1 N–H and O–H groups in total. The Balaban J connectivity index is 2.39. The Morgan fingerprint density at radius 1 is 1.33 bits per heavy atom. The van der Waals surface area contributed by atoms with Gasteiger partial charge in [-0.15, -0.1) is 0 Å². The monoisotopic (exact) mass is 250 g/mol. The third kappa shape index (κ3) is 6.72. The van der Waals surface area contributed by atoms with Crippen LogP contribution in [0.5, 0.6) is 0 Å². The van der Waals surface area contributed by atoms with Crippen LogP contribution in [0.1, 0.15) is 39.3 Å². The van der Waals surface area contributed by atoms with Crippen molar-refractivity contribution >= 4 is 0 Å². The number of pyridine rings is 1. The standard InChI is InChI=1S/C15H26N2O/c1-4-9-16-15(8-11-18-13(2)3)12-14-7-5-6-10-17-14/h5-7,10,13,15-16H,4,8-9,11-12H2,1-3H3. The van der Waals surface area contributed by atoms with E-state index in [1.54, 1.807) is 0 Å². The van der Waals surface area contributed by atoms with Gasteiger partial charge in [0.2, 0.25) is 0 Å². The quantitative estimate of drug-likeness (QED) is 0.732. The van der Waals surface area contributed by atoms with Gasteiger partial charge in [-0.25, -0.2) is 0 Å². The summed E-state index contributed by atoms with van der Waals surface area (Å²) in [6.07, 6.45) is 5.34. The minimum absolute atomic E-state index is 0.312. The predicted octanol–water partition coefficient (Wildman–Crippen LogP) is 2.81. The van der Waals surface area contributed by atoms with Crippen molar-refractivity contribution in [1.29, 1.82) is 0 Å². The van der Waals surface area contributed by atoms with E-state index in [-0.39, 0.29) is 0 Å². The lowest BCUT2D eigenvalue weighted by Gasteiger charge is -2.19. The van der Waals surface area contributed by atoms with Gasteiger partial charge in [-0.2, -0.15) is 0 Å². The molecule has 0 aliphatic rings. The highest BCUT2D eigenvalue weighted by molar-refractivity contribution is 5.05. The van der Waals surface area contributed by atoms with E-state index in [2.05, 4.69) is 37.1 Å². The minimum Gasteiger partial charge on any atom is -0.379 e. The van der Waals surface area contributed by atoms with Crippen LogP contribution in [0.15, 0.2) is 24.4 Å². The van der Waals surface area contributed by atoms with E-state index in [9.17, 15) is 0 Å². The molecule has 0 radical (unpaired) electrons. The molecule has 0 fully saturated rings. The van der Waals surface area contributed by atoms with Crippen LogP contribution < -0.4 is 5.32 Å². The summed E-state index contributed by atoms with van der Waals surface area (Å²) in [6.45, 7) is 8.21. The maximum absolute atomic E-state index is 5.63. The normalized spacial score (nSPS) is 12.9. The lowest BCUT2D eigenvalue weighted by Crippen LogP contribution is -2.33. The second kappa shape index (κ2) is 9.06.